The van der Waals surface area contributed by atoms with Gasteiger partial charge in [-0.3, -0.25) is 9.35 Å². The van der Waals surface area contributed by atoms with Gasteiger partial charge in [0.1, 0.15) is 0 Å². The fourth-order valence-electron chi connectivity index (χ4n) is 5.13. The molecule has 0 saturated heterocycles. The van der Waals surface area contributed by atoms with Crippen LogP contribution in [0, 0.1) is 0 Å². The number of amides is 1. The van der Waals surface area contributed by atoms with Crippen molar-refractivity contribution in [2.75, 3.05) is 11.9 Å². The monoisotopic (exact) mass is 423 g/mol. The molecule has 1 atom stereocenters. The molecule has 6 nitrogen and oxygen atoms in total. The molecule has 0 radical (unpaired) electrons. The van der Waals surface area contributed by atoms with Gasteiger partial charge in [0.15, 0.2) is 0 Å². The summed E-state index contributed by atoms with van der Waals surface area (Å²) in [5.74, 6) is -0.0343. The van der Waals surface area contributed by atoms with E-state index in [9.17, 15) is 9.00 Å². The summed E-state index contributed by atoms with van der Waals surface area (Å²) in [6.07, 6.45) is 6.17. The van der Waals surface area contributed by atoms with Crippen molar-refractivity contribution in [1.82, 2.24) is 9.29 Å². The normalized spacial score (nSPS) is 17.5. The van der Waals surface area contributed by atoms with Crippen LogP contribution in [0.3, 0.4) is 0 Å². The first-order chi connectivity index (χ1) is 14.6. The lowest BCUT2D eigenvalue weighted by molar-refractivity contribution is 0.0981. The molecule has 7 heteroatoms. The van der Waals surface area contributed by atoms with E-state index in [2.05, 4.69) is 38.9 Å². The van der Waals surface area contributed by atoms with Crippen LogP contribution in [0.15, 0.2) is 42.5 Å². The average Bonchev–Trinajstić information content (AvgIpc) is 2.95. The molecule has 0 bridgehead atoms. The van der Waals surface area contributed by atoms with Crippen molar-refractivity contribution < 1.29 is 13.6 Å². The molecule has 1 amide bonds. The Morgan fingerprint density at radius 1 is 1.13 bits per heavy atom. The number of hydrogen-bond acceptors (Lipinski definition) is 3. The second-order valence-electron chi connectivity index (χ2n) is 8.13. The maximum Gasteiger partial charge on any atom is 0.264 e. The molecule has 1 saturated carbocycles. The quantitative estimate of drug-likeness (QED) is 0.536. The fourth-order valence-corrected chi connectivity index (χ4v) is 5.41. The number of fused-ring (bicyclic) bond motifs is 5. The molecule has 1 aromatic heterocycles. The van der Waals surface area contributed by atoms with E-state index in [4.69, 9.17) is 4.55 Å². The highest BCUT2D eigenvalue weighted by Crippen LogP contribution is 2.46. The Bertz CT molecular complexity index is 1150. The highest BCUT2D eigenvalue weighted by atomic mass is 32.2. The lowest BCUT2D eigenvalue weighted by Gasteiger charge is -2.23. The van der Waals surface area contributed by atoms with E-state index in [0.29, 0.717) is 11.5 Å². The molecule has 2 aliphatic rings. The zero-order valence-corrected chi connectivity index (χ0v) is 17.5. The number of hydrogen-bond donors (Lipinski definition) is 3. The molecule has 5 rings (SSSR count). The van der Waals surface area contributed by atoms with E-state index in [1.54, 1.807) is 6.07 Å². The van der Waals surface area contributed by atoms with Crippen LogP contribution in [0.25, 0.3) is 22.2 Å². The molecular formula is C23H25N3O3S. The average molecular weight is 424 g/mol. The van der Waals surface area contributed by atoms with Crippen LogP contribution < -0.4 is 10.0 Å². The summed E-state index contributed by atoms with van der Waals surface area (Å²) in [4.78, 5) is 12.4. The Hall–Kier alpha value is -2.64. The van der Waals surface area contributed by atoms with Gasteiger partial charge in [-0.25, -0.2) is 8.93 Å². The fraction of sp³-hybridized carbons (Fsp3) is 0.348. The summed E-state index contributed by atoms with van der Waals surface area (Å²) in [7, 11) is 0. The van der Waals surface area contributed by atoms with Crippen LogP contribution in [0.2, 0.25) is 0 Å². The van der Waals surface area contributed by atoms with Gasteiger partial charge in [-0.1, -0.05) is 43.5 Å². The first-order valence-corrected chi connectivity index (χ1v) is 11.7. The number of aromatic nitrogens is 1. The third-order valence-corrected chi connectivity index (χ3v) is 6.75. The van der Waals surface area contributed by atoms with Gasteiger partial charge in [0.05, 0.1) is 5.69 Å². The number of carbonyl (C=O) groups is 1. The molecule has 3 aromatic rings. The first-order valence-electron chi connectivity index (χ1n) is 10.5. The van der Waals surface area contributed by atoms with E-state index in [0.717, 1.165) is 24.3 Å². The minimum Gasteiger partial charge on any atom is -0.383 e. The Morgan fingerprint density at radius 3 is 2.73 bits per heavy atom. The second-order valence-corrected chi connectivity index (χ2v) is 8.84. The van der Waals surface area contributed by atoms with Gasteiger partial charge < -0.3 is 9.88 Å². The minimum atomic E-state index is -2.38. The van der Waals surface area contributed by atoms with Crippen molar-refractivity contribution in [3.63, 3.8) is 0 Å². The lowest BCUT2D eigenvalue weighted by Crippen LogP contribution is -2.24. The Kier molecular flexibility index (Phi) is 5.08. The minimum absolute atomic E-state index is 0.394. The molecule has 0 spiro atoms. The Labute approximate surface area is 178 Å². The summed E-state index contributed by atoms with van der Waals surface area (Å²) in [6, 6.07) is 14.1. The summed E-state index contributed by atoms with van der Waals surface area (Å²) in [5, 5.41) is 4.73. The van der Waals surface area contributed by atoms with Gasteiger partial charge in [0, 0.05) is 40.8 Å². The number of rotatable bonds is 3. The van der Waals surface area contributed by atoms with Gasteiger partial charge in [0.25, 0.3) is 17.2 Å². The number of nitrogens with one attached hydrogen (secondary N) is 2. The van der Waals surface area contributed by atoms with Crippen molar-refractivity contribution in [2.24, 2.45) is 0 Å². The standard InChI is InChI=1S/C23H25N3O3S/c27-23(25-30(28)29)16-10-11-18-20(14-16)26-13-12-24-19-9-5-4-8-17(19)22(26)21(18)15-6-2-1-3-7-15/h4-5,8-11,14-15,24H,1-3,6-7,12-13H2,(H,25,27)(H,28,29). The maximum absolute atomic E-state index is 12.4. The number of benzene rings is 2. The van der Waals surface area contributed by atoms with Crippen molar-refractivity contribution in [1.29, 1.82) is 0 Å². The largest absolute Gasteiger partial charge is 0.383 e. The number of anilines is 1. The second kappa shape index (κ2) is 7.89. The smallest absolute Gasteiger partial charge is 0.264 e. The van der Waals surface area contributed by atoms with Gasteiger partial charge in [-0.2, -0.15) is 0 Å². The Balaban J connectivity index is 1.76. The lowest BCUT2D eigenvalue weighted by atomic mass is 9.81. The van der Waals surface area contributed by atoms with E-state index < -0.39 is 17.2 Å². The number of nitrogens with zero attached hydrogens (tertiary/aromatic N) is 1. The SMILES string of the molecule is O=C(NS(=O)O)c1ccc2c(C3CCCCC3)c3n(c2c1)CCNc1ccccc1-3. The van der Waals surface area contributed by atoms with E-state index >= 15 is 0 Å². The molecule has 30 heavy (non-hydrogen) atoms. The molecule has 3 N–H and O–H groups in total. The molecule has 2 heterocycles. The van der Waals surface area contributed by atoms with Crippen LogP contribution in [0.1, 0.15) is 53.9 Å². The van der Waals surface area contributed by atoms with E-state index in [1.165, 1.54) is 54.3 Å². The number of para-hydroxylation sites is 1. The van der Waals surface area contributed by atoms with Crippen LogP contribution in [0.4, 0.5) is 5.69 Å². The maximum atomic E-state index is 12.4. The van der Waals surface area contributed by atoms with E-state index in [-0.39, 0.29) is 0 Å². The zero-order valence-electron chi connectivity index (χ0n) is 16.7. The Morgan fingerprint density at radius 2 is 1.93 bits per heavy atom. The molecule has 1 aliphatic carbocycles. The van der Waals surface area contributed by atoms with Gasteiger partial charge in [-0.05, 0) is 42.5 Å². The van der Waals surface area contributed by atoms with Crippen molar-refractivity contribution in [2.45, 2.75) is 44.6 Å². The molecule has 156 valence electrons. The van der Waals surface area contributed by atoms with Crippen molar-refractivity contribution >= 4 is 33.8 Å². The summed E-state index contributed by atoms with van der Waals surface area (Å²) in [5.41, 5.74) is 6.39. The van der Waals surface area contributed by atoms with Gasteiger partial charge in [0.2, 0.25) is 0 Å². The molecule has 1 aliphatic heterocycles. The molecule has 2 aromatic carbocycles. The third-order valence-electron chi connectivity index (χ3n) is 6.39. The van der Waals surface area contributed by atoms with Crippen LogP contribution in [-0.4, -0.2) is 25.8 Å². The van der Waals surface area contributed by atoms with E-state index in [1.807, 2.05) is 12.1 Å². The highest BCUT2D eigenvalue weighted by molar-refractivity contribution is 7.77. The topological polar surface area (TPSA) is 83.4 Å². The van der Waals surface area contributed by atoms with Crippen molar-refractivity contribution in [3.05, 3.63) is 53.6 Å². The van der Waals surface area contributed by atoms with Crippen LogP contribution in [0.5, 0.6) is 0 Å². The third kappa shape index (κ3) is 3.32. The van der Waals surface area contributed by atoms with Gasteiger partial charge >= 0.3 is 0 Å². The van der Waals surface area contributed by atoms with Gasteiger partial charge in [-0.15, -0.1) is 0 Å². The molecule has 1 unspecified atom stereocenters. The summed E-state index contributed by atoms with van der Waals surface area (Å²) < 4.78 is 24.5. The van der Waals surface area contributed by atoms with Crippen molar-refractivity contribution in [3.8, 4) is 11.3 Å². The highest BCUT2D eigenvalue weighted by Gasteiger charge is 2.28. The summed E-state index contributed by atoms with van der Waals surface area (Å²) in [6.45, 7) is 1.60. The predicted octanol–water partition coefficient (Wildman–Crippen LogP) is 4.65. The predicted molar refractivity (Wildman–Crippen MR) is 120 cm³/mol. The number of carbonyl (C=O) groups excluding carboxylic acids is 1. The van der Waals surface area contributed by atoms with Crippen LogP contribution in [-0.2, 0) is 17.8 Å². The first kappa shape index (κ1) is 19.3. The molecular weight excluding hydrogens is 398 g/mol. The summed E-state index contributed by atoms with van der Waals surface area (Å²) >= 11 is -2.38. The van der Waals surface area contributed by atoms with Crippen LogP contribution >= 0.6 is 0 Å². The molecule has 1 fully saturated rings. The zero-order chi connectivity index (χ0) is 20.7.